The molecule has 5 heteroatoms. The summed E-state index contributed by atoms with van der Waals surface area (Å²) in [7, 11) is 1.75. The van der Waals surface area contributed by atoms with Crippen LogP contribution in [0.15, 0.2) is 12.3 Å². The Morgan fingerprint density at radius 1 is 1.58 bits per heavy atom. The van der Waals surface area contributed by atoms with Gasteiger partial charge in [-0.05, 0) is 38.7 Å². The zero-order chi connectivity index (χ0) is 14.0. The summed E-state index contributed by atoms with van der Waals surface area (Å²) in [5.41, 5.74) is 0.554. The zero-order valence-electron chi connectivity index (χ0n) is 11.6. The van der Waals surface area contributed by atoms with Crippen molar-refractivity contribution in [1.82, 2.24) is 9.88 Å². The van der Waals surface area contributed by atoms with Gasteiger partial charge in [0.15, 0.2) is 0 Å². The summed E-state index contributed by atoms with van der Waals surface area (Å²) >= 11 is 6.08. The van der Waals surface area contributed by atoms with Crippen LogP contribution in [0.3, 0.4) is 0 Å². The Balaban J connectivity index is 2.18. The molecule has 104 valence electrons. The highest BCUT2D eigenvalue weighted by atomic mass is 35.5. The van der Waals surface area contributed by atoms with E-state index in [1.807, 2.05) is 18.7 Å². The van der Waals surface area contributed by atoms with E-state index in [4.69, 9.17) is 11.6 Å². The molecule has 0 radical (unpaired) electrons. The SMILES string of the molecule is CNc1ncc(C(=O)N(CC2CC2)C(C)C)cc1Cl. The maximum atomic E-state index is 12.5. The van der Waals surface area contributed by atoms with E-state index < -0.39 is 0 Å². The number of nitrogens with zero attached hydrogens (tertiary/aromatic N) is 2. The van der Waals surface area contributed by atoms with Crippen molar-refractivity contribution in [3.05, 3.63) is 22.8 Å². The molecule has 0 unspecified atom stereocenters. The number of carbonyl (C=O) groups is 1. The van der Waals surface area contributed by atoms with Gasteiger partial charge in [0, 0.05) is 25.8 Å². The Kier molecular flexibility index (Phi) is 4.30. The monoisotopic (exact) mass is 281 g/mol. The van der Waals surface area contributed by atoms with Gasteiger partial charge in [-0.15, -0.1) is 0 Å². The van der Waals surface area contributed by atoms with Crippen molar-refractivity contribution >= 4 is 23.3 Å². The molecular formula is C14H20ClN3O. The Hall–Kier alpha value is -1.29. The summed E-state index contributed by atoms with van der Waals surface area (Å²) < 4.78 is 0. The summed E-state index contributed by atoms with van der Waals surface area (Å²) in [6.07, 6.45) is 4.05. The summed E-state index contributed by atoms with van der Waals surface area (Å²) in [5.74, 6) is 1.28. The third kappa shape index (κ3) is 3.38. The van der Waals surface area contributed by atoms with Crippen molar-refractivity contribution in [2.75, 3.05) is 18.9 Å². The van der Waals surface area contributed by atoms with E-state index in [9.17, 15) is 4.79 Å². The molecule has 1 aliphatic rings. The van der Waals surface area contributed by atoms with Crippen molar-refractivity contribution < 1.29 is 4.79 Å². The van der Waals surface area contributed by atoms with Gasteiger partial charge in [-0.1, -0.05) is 11.6 Å². The van der Waals surface area contributed by atoms with Crippen LogP contribution in [0.5, 0.6) is 0 Å². The molecule has 0 aliphatic heterocycles. The van der Waals surface area contributed by atoms with Gasteiger partial charge in [0.25, 0.3) is 5.91 Å². The molecule has 0 saturated heterocycles. The fourth-order valence-electron chi connectivity index (χ4n) is 2.01. The lowest BCUT2D eigenvalue weighted by atomic mass is 10.2. The molecule has 0 aromatic carbocycles. The average Bonchev–Trinajstić information content (AvgIpc) is 3.18. The van der Waals surface area contributed by atoms with Gasteiger partial charge in [0.05, 0.1) is 10.6 Å². The molecule has 1 aliphatic carbocycles. The molecule has 1 N–H and O–H groups in total. The number of aromatic nitrogens is 1. The lowest BCUT2D eigenvalue weighted by Gasteiger charge is -2.27. The predicted octanol–water partition coefficient (Wildman–Crippen LogP) is 3.04. The van der Waals surface area contributed by atoms with E-state index in [2.05, 4.69) is 10.3 Å². The topological polar surface area (TPSA) is 45.2 Å². The van der Waals surface area contributed by atoms with Gasteiger partial charge in [0.2, 0.25) is 0 Å². The molecule has 1 fully saturated rings. The van der Waals surface area contributed by atoms with Gasteiger partial charge in [-0.3, -0.25) is 4.79 Å². The Morgan fingerprint density at radius 3 is 2.74 bits per heavy atom. The van der Waals surface area contributed by atoms with E-state index in [1.54, 1.807) is 19.3 Å². The first-order valence-electron chi connectivity index (χ1n) is 6.67. The maximum Gasteiger partial charge on any atom is 0.255 e. The lowest BCUT2D eigenvalue weighted by molar-refractivity contribution is 0.0696. The van der Waals surface area contributed by atoms with Gasteiger partial charge in [0.1, 0.15) is 5.82 Å². The van der Waals surface area contributed by atoms with Crippen LogP contribution in [-0.2, 0) is 0 Å². The van der Waals surface area contributed by atoms with Crippen LogP contribution < -0.4 is 5.32 Å². The molecule has 2 rings (SSSR count). The second-order valence-electron chi connectivity index (χ2n) is 5.30. The minimum atomic E-state index is 0.0129. The van der Waals surface area contributed by atoms with Crippen LogP contribution in [0.2, 0.25) is 5.02 Å². The number of carbonyl (C=O) groups excluding carboxylic acids is 1. The van der Waals surface area contributed by atoms with Gasteiger partial charge >= 0.3 is 0 Å². The molecular weight excluding hydrogens is 262 g/mol. The van der Waals surface area contributed by atoms with E-state index >= 15 is 0 Å². The number of pyridine rings is 1. The number of amides is 1. The fraction of sp³-hybridized carbons (Fsp3) is 0.571. The van der Waals surface area contributed by atoms with Gasteiger partial charge in [-0.25, -0.2) is 4.98 Å². The molecule has 0 spiro atoms. The van der Waals surface area contributed by atoms with Gasteiger partial charge in [-0.2, -0.15) is 0 Å². The molecule has 1 heterocycles. The molecule has 1 aromatic rings. The third-order valence-corrected chi connectivity index (χ3v) is 3.65. The highest BCUT2D eigenvalue weighted by Gasteiger charge is 2.29. The number of anilines is 1. The molecule has 1 saturated carbocycles. The molecule has 19 heavy (non-hydrogen) atoms. The van der Waals surface area contributed by atoms with Crippen molar-refractivity contribution in [2.24, 2.45) is 5.92 Å². The van der Waals surface area contributed by atoms with E-state index in [1.165, 1.54) is 12.8 Å². The number of hydrogen-bond donors (Lipinski definition) is 1. The molecule has 0 atom stereocenters. The standard InChI is InChI=1S/C14H20ClN3O/c1-9(2)18(8-10-4-5-10)14(19)11-6-12(15)13(16-3)17-7-11/h6-7,9-10H,4-5,8H2,1-3H3,(H,16,17). The Morgan fingerprint density at radius 2 is 2.26 bits per heavy atom. The number of rotatable bonds is 5. The van der Waals surface area contributed by atoms with E-state index in [-0.39, 0.29) is 11.9 Å². The molecule has 1 amide bonds. The Labute approximate surface area is 119 Å². The van der Waals surface area contributed by atoms with Crippen LogP contribution in [0.1, 0.15) is 37.0 Å². The normalized spacial score (nSPS) is 14.6. The fourth-order valence-corrected chi connectivity index (χ4v) is 2.27. The third-order valence-electron chi connectivity index (χ3n) is 3.36. The quantitative estimate of drug-likeness (QED) is 0.902. The van der Waals surface area contributed by atoms with Crippen LogP contribution in [0.25, 0.3) is 0 Å². The van der Waals surface area contributed by atoms with Crippen molar-refractivity contribution in [1.29, 1.82) is 0 Å². The molecule has 1 aromatic heterocycles. The highest BCUT2D eigenvalue weighted by molar-refractivity contribution is 6.33. The maximum absolute atomic E-state index is 12.5. The van der Waals surface area contributed by atoms with Crippen LogP contribution in [0.4, 0.5) is 5.82 Å². The second-order valence-corrected chi connectivity index (χ2v) is 5.71. The first kappa shape index (κ1) is 14.1. The first-order chi connectivity index (χ1) is 9.02. The first-order valence-corrected chi connectivity index (χ1v) is 7.05. The highest BCUT2D eigenvalue weighted by Crippen LogP contribution is 2.31. The number of halogens is 1. The number of hydrogen-bond acceptors (Lipinski definition) is 3. The van der Waals surface area contributed by atoms with Crippen LogP contribution in [-0.4, -0.2) is 35.4 Å². The van der Waals surface area contributed by atoms with Crippen molar-refractivity contribution in [3.63, 3.8) is 0 Å². The molecule has 4 nitrogen and oxygen atoms in total. The summed E-state index contributed by atoms with van der Waals surface area (Å²) in [6.45, 7) is 4.91. The number of nitrogens with one attached hydrogen (secondary N) is 1. The summed E-state index contributed by atoms with van der Waals surface area (Å²) in [4.78, 5) is 18.6. The smallest absolute Gasteiger partial charge is 0.255 e. The van der Waals surface area contributed by atoms with Crippen molar-refractivity contribution in [2.45, 2.75) is 32.7 Å². The average molecular weight is 282 g/mol. The lowest BCUT2D eigenvalue weighted by Crippen LogP contribution is -2.38. The minimum absolute atomic E-state index is 0.0129. The van der Waals surface area contributed by atoms with Crippen molar-refractivity contribution in [3.8, 4) is 0 Å². The minimum Gasteiger partial charge on any atom is -0.372 e. The zero-order valence-corrected chi connectivity index (χ0v) is 12.4. The Bertz CT molecular complexity index is 472. The van der Waals surface area contributed by atoms with Crippen LogP contribution >= 0.6 is 11.6 Å². The van der Waals surface area contributed by atoms with Crippen LogP contribution in [0, 0.1) is 5.92 Å². The second kappa shape index (κ2) is 5.78. The predicted molar refractivity (Wildman–Crippen MR) is 77.7 cm³/mol. The summed E-state index contributed by atoms with van der Waals surface area (Å²) in [6, 6.07) is 1.88. The summed E-state index contributed by atoms with van der Waals surface area (Å²) in [5, 5.41) is 3.36. The molecule has 0 bridgehead atoms. The van der Waals surface area contributed by atoms with E-state index in [0.717, 1.165) is 6.54 Å². The largest absolute Gasteiger partial charge is 0.372 e. The van der Waals surface area contributed by atoms with E-state index in [0.29, 0.717) is 22.3 Å². The van der Waals surface area contributed by atoms with Gasteiger partial charge < -0.3 is 10.2 Å².